The molecule has 0 aliphatic heterocycles. The first-order valence-corrected chi connectivity index (χ1v) is 12.3. The van der Waals surface area contributed by atoms with Crippen molar-refractivity contribution in [2.45, 2.75) is 43.6 Å². The molecule has 184 valence electrons. The van der Waals surface area contributed by atoms with E-state index in [-0.39, 0.29) is 35.5 Å². The molecule has 1 aromatic heterocycles. The van der Waals surface area contributed by atoms with Gasteiger partial charge in [-0.15, -0.1) is 0 Å². The fourth-order valence-corrected chi connectivity index (χ4v) is 5.09. The van der Waals surface area contributed by atoms with Crippen molar-refractivity contribution in [1.82, 2.24) is 4.98 Å². The largest absolute Gasteiger partial charge is 1.00 e. The Morgan fingerprint density at radius 2 is 1.70 bits per heavy atom. The molecule has 2 unspecified atom stereocenters. The van der Waals surface area contributed by atoms with Crippen LogP contribution in [0.5, 0.6) is 5.75 Å². The van der Waals surface area contributed by atoms with Crippen molar-refractivity contribution >= 4 is 5.97 Å². The molecule has 0 spiro atoms. The van der Waals surface area contributed by atoms with Crippen LogP contribution in [0.15, 0.2) is 89.3 Å². The molecule has 6 nitrogen and oxygen atoms in total. The summed E-state index contributed by atoms with van der Waals surface area (Å²) in [6.45, 7) is -0.517. The van der Waals surface area contributed by atoms with Gasteiger partial charge in [0, 0.05) is 17.5 Å². The van der Waals surface area contributed by atoms with E-state index in [0.717, 1.165) is 41.6 Å². The van der Waals surface area contributed by atoms with Crippen LogP contribution >= 0.6 is 0 Å². The summed E-state index contributed by atoms with van der Waals surface area (Å²) < 4.78 is 11.7. The molecule has 1 aliphatic carbocycles. The number of oxazole rings is 1. The first kappa shape index (κ1) is 27.1. The molecule has 0 amide bonds. The third kappa shape index (κ3) is 6.33. The summed E-state index contributed by atoms with van der Waals surface area (Å²) in [5, 5.41) is 22.7. The van der Waals surface area contributed by atoms with Crippen LogP contribution in [0.25, 0.3) is 22.6 Å². The van der Waals surface area contributed by atoms with Crippen LogP contribution in [-0.2, 0) is 11.2 Å². The Balaban J connectivity index is 0.00000320. The Labute approximate surface area is 238 Å². The summed E-state index contributed by atoms with van der Waals surface area (Å²) in [4.78, 5) is 15.7. The van der Waals surface area contributed by atoms with E-state index >= 15 is 0 Å². The summed E-state index contributed by atoms with van der Waals surface area (Å²) in [7, 11) is 0. The van der Waals surface area contributed by atoms with E-state index in [0.29, 0.717) is 30.2 Å². The molecule has 1 aliphatic rings. The quantitative estimate of drug-likeness (QED) is 0.367. The van der Waals surface area contributed by atoms with E-state index in [4.69, 9.17) is 14.1 Å². The number of rotatable bonds is 8. The van der Waals surface area contributed by atoms with E-state index < -0.39 is 18.2 Å². The number of carboxylic acid groups (broad SMARTS) is 1. The van der Waals surface area contributed by atoms with Crippen molar-refractivity contribution in [2.24, 2.45) is 0 Å². The zero-order chi connectivity index (χ0) is 25.0. The molecule has 1 saturated carbocycles. The standard InChI is InChI=1S/C30H29NO5.Na/c32-26(33)20-35-24-15-9-10-21(18-24)19-30(34)17-8-7-16-25(30)29-31-27(22-11-3-1-4-12-22)28(36-29)23-13-5-2-6-14-23;/h1-6,9-15,18,25,34H,7-8,16-17,19-20H2,(H,32,33);/q;+1/p-1. The van der Waals surface area contributed by atoms with Gasteiger partial charge in [0.1, 0.15) is 18.1 Å². The van der Waals surface area contributed by atoms with Crippen LogP contribution in [-0.4, -0.2) is 28.3 Å². The fraction of sp³-hybridized carbons (Fsp3) is 0.267. The Morgan fingerprint density at radius 1 is 1.00 bits per heavy atom. The van der Waals surface area contributed by atoms with Crippen LogP contribution in [0.3, 0.4) is 0 Å². The van der Waals surface area contributed by atoms with Crippen LogP contribution < -0.4 is 39.4 Å². The molecule has 0 saturated heterocycles. The van der Waals surface area contributed by atoms with Crippen molar-refractivity contribution in [1.29, 1.82) is 0 Å². The summed E-state index contributed by atoms with van der Waals surface area (Å²) in [5.74, 6) is 0.112. The number of hydrogen-bond acceptors (Lipinski definition) is 6. The third-order valence-electron chi connectivity index (χ3n) is 6.79. The molecule has 5 rings (SSSR count). The van der Waals surface area contributed by atoms with E-state index in [1.165, 1.54) is 0 Å². The van der Waals surface area contributed by atoms with Crippen molar-refractivity contribution in [2.75, 3.05) is 6.61 Å². The number of carboxylic acids is 1. The number of benzene rings is 3. The normalized spacial score (nSPS) is 19.1. The van der Waals surface area contributed by atoms with Crippen molar-refractivity contribution in [3.05, 3.63) is 96.4 Å². The second-order valence-electron chi connectivity index (χ2n) is 9.35. The summed E-state index contributed by atoms with van der Waals surface area (Å²) in [6, 6.07) is 27.0. The minimum atomic E-state index is -1.28. The summed E-state index contributed by atoms with van der Waals surface area (Å²) in [5.41, 5.74) is 2.47. The topological polar surface area (TPSA) is 95.6 Å². The summed E-state index contributed by atoms with van der Waals surface area (Å²) in [6.07, 6.45) is 3.65. The van der Waals surface area contributed by atoms with Crippen LogP contribution in [0.1, 0.15) is 43.1 Å². The first-order chi connectivity index (χ1) is 17.5. The van der Waals surface area contributed by atoms with Gasteiger partial charge in [-0.1, -0.05) is 85.6 Å². The maximum atomic E-state index is 11.9. The minimum Gasteiger partial charge on any atom is -0.546 e. The van der Waals surface area contributed by atoms with Crippen molar-refractivity contribution in [3.63, 3.8) is 0 Å². The zero-order valence-electron chi connectivity index (χ0n) is 20.9. The maximum absolute atomic E-state index is 11.9. The van der Waals surface area contributed by atoms with Gasteiger partial charge in [0.2, 0.25) is 5.89 Å². The van der Waals surface area contributed by atoms with E-state index in [1.807, 2.05) is 66.7 Å². The molecule has 7 heteroatoms. The van der Waals surface area contributed by atoms with Gasteiger partial charge < -0.3 is 24.2 Å². The molecule has 4 aromatic rings. The summed E-state index contributed by atoms with van der Waals surface area (Å²) >= 11 is 0. The Kier molecular flexibility index (Phi) is 8.87. The number of aliphatic carboxylic acids is 1. The van der Waals surface area contributed by atoms with Crippen LogP contribution in [0.2, 0.25) is 0 Å². The van der Waals surface area contributed by atoms with Gasteiger partial charge in [0.05, 0.1) is 17.5 Å². The molecule has 1 fully saturated rings. The van der Waals surface area contributed by atoms with E-state index in [9.17, 15) is 15.0 Å². The Morgan fingerprint density at radius 3 is 2.41 bits per heavy atom. The predicted octanol–water partition coefficient (Wildman–Crippen LogP) is 1.77. The minimum absolute atomic E-state index is 0. The molecule has 0 bridgehead atoms. The molecular weight excluding hydrogens is 477 g/mol. The van der Waals surface area contributed by atoms with Gasteiger partial charge in [-0.3, -0.25) is 0 Å². The smallest absolute Gasteiger partial charge is 0.546 e. The van der Waals surface area contributed by atoms with Gasteiger partial charge in [0.15, 0.2) is 5.76 Å². The fourth-order valence-electron chi connectivity index (χ4n) is 5.09. The average molecular weight is 506 g/mol. The van der Waals surface area contributed by atoms with E-state index in [2.05, 4.69) is 0 Å². The molecule has 37 heavy (non-hydrogen) atoms. The molecular formula is C30H28NNaO5. The molecule has 0 radical (unpaired) electrons. The molecule has 1 N–H and O–H groups in total. The number of ether oxygens (including phenoxy) is 1. The first-order valence-electron chi connectivity index (χ1n) is 12.3. The Bertz CT molecular complexity index is 1270. The average Bonchev–Trinajstić information content (AvgIpc) is 3.34. The number of carbonyl (C=O) groups excluding carboxylic acids is 1. The predicted molar refractivity (Wildman–Crippen MR) is 134 cm³/mol. The SMILES string of the molecule is O=C([O-])COc1cccc(CC2(O)CCCCC2c2nc(-c3ccccc3)c(-c3ccccc3)o2)c1.[Na+]. The monoisotopic (exact) mass is 505 g/mol. The van der Waals surface area contributed by atoms with Crippen molar-refractivity contribution in [3.8, 4) is 28.3 Å². The number of aromatic nitrogens is 1. The van der Waals surface area contributed by atoms with Gasteiger partial charge in [0.25, 0.3) is 0 Å². The number of aliphatic hydroxyl groups is 1. The number of hydrogen-bond donors (Lipinski definition) is 1. The van der Waals surface area contributed by atoms with Crippen LogP contribution in [0, 0.1) is 0 Å². The molecule has 1 heterocycles. The second kappa shape index (κ2) is 12.1. The van der Waals surface area contributed by atoms with Gasteiger partial charge in [-0.05, 0) is 30.5 Å². The van der Waals surface area contributed by atoms with Crippen molar-refractivity contribution < 1.29 is 53.7 Å². The van der Waals surface area contributed by atoms with E-state index in [1.54, 1.807) is 18.2 Å². The molecule has 2 atom stereocenters. The van der Waals surface area contributed by atoms with Gasteiger partial charge in [-0.2, -0.15) is 0 Å². The van der Waals surface area contributed by atoms with Gasteiger partial charge >= 0.3 is 29.6 Å². The second-order valence-corrected chi connectivity index (χ2v) is 9.35. The Hall–Kier alpha value is -2.90. The van der Waals surface area contributed by atoms with Crippen LogP contribution in [0.4, 0.5) is 0 Å². The zero-order valence-corrected chi connectivity index (χ0v) is 22.9. The number of nitrogens with zero attached hydrogens (tertiary/aromatic N) is 1. The third-order valence-corrected chi connectivity index (χ3v) is 6.79. The molecule has 3 aromatic carbocycles. The maximum Gasteiger partial charge on any atom is 1.00 e. The number of carbonyl (C=O) groups is 1. The van der Waals surface area contributed by atoms with Gasteiger partial charge in [-0.25, -0.2) is 4.98 Å².